The molecular weight excluding hydrogens is 329 g/mol. The lowest BCUT2D eigenvalue weighted by Crippen LogP contribution is -2.46. The van der Waals surface area contributed by atoms with Crippen LogP contribution in [0.4, 0.5) is 4.39 Å². The maximum absolute atomic E-state index is 13.3. The topological polar surface area (TPSA) is 46.6 Å². The van der Waals surface area contributed by atoms with Crippen LogP contribution in [0.5, 0.6) is 0 Å². The highest BCUT2D eigenvalue weighted by Gasteiger charge is 2.31. The van der Waals surface area contributed by atoms with Gasteiger partial charge in [-0.2, -0.15) is 4.31 Å². The highest BCUT2D eigenvalue weighted by molar-refractivity contribution is 7.89. The van der Waals surface area contributed by atoms with Crippen molar-refractivity contribution < 1.29 is 17.5 Å². The first-order valence-electron chi connectivity index (χ1n) is 7.88. The molecule has 4 nitrogen and oxygen atoms in total. The van der Waals surface area contributed by atoms with Crippen LogP contribution in [0.2, 0.25) is 0 Å². The Morgan fingerprint density at radius 2 is 1.96 bits per heavy atom. The van der Waals surface area contributed by atoms with Crippen molar-refractivity contribution in [3.05, 3.63) is 65.5 Å². The van der Waals surface area contributed by atoms with Crippen molar-refractivity contribution in [1.29, 1.82) is 0 Å². The SMILES string of the molecule is Cc1cc(F)ccc1S(=O)(=O)N1CCOC(Cc2ccccc2)C1. The van der Waals surface area contributed by atoms with Crippen molar-refractivity contribution in [2.45, 2.75) is 24.3 Å². The Bertz CT molecular complexity index is 808. The number of ether oxygens (including phenoxy) is 1. The van der Waals surface area contributed by atoms with Crippen LogP contribution < -0.4 is 0 Å². The third-order valence-corrected chi connectivity index (χ3v) is 6.19. The Labute approximate surface area is 141 Å². The first kappa shape index (κ1) is 17.1. The number of morpholine rings is 1. The Kier molecular flexibility index (Phi) is 4.99. The summed E-state index contributed by atoms with van der Waals surface area (Å²) in [6.45, 7) is 2.58. The molecule has 0 aliphatic carbocycles. The number of halogens is 1. The summed E-state index contributed by atoms with van der Waals surface area (Å²) in [6.07, 6.45) is 0.478. The fourth-order valence-corrected chi connectivity index (χ4v) is 4.61. The zero-order valence-corrected chi connectivity index (χ0v) is 14.3. The minimum atomic E-state index is -3.65. The second-order valence-electron chi connectivity index (χ2n) is 5.96. The smallest absolute Gasteiger partial charge is 0.243 e. The molecule has 1 unspecified atom stereocenters. The van der Waals surface area contributed by atoms with Crippen molar-refractivity contribution in [2.75, 3.05) is 19.7 Å². The first-order chi connectivity index (χ1) is 11.5. The van der Waals surface area contributed by atoms with E-state index in [1.165, 1.54) is 22.5 Å². The van der Waals surface area contributed by atoms with Gasteiger partial charge in [-0.15, -0.1) is 0 Å². The fraction of sp³-hybridized carbons (Fsp3) is 0.333. The molecule has 0 bridgehead atoms. The van der Waals surface area contributed by atoms with Gasteiger partial charge in [-0.25, -0.2) is 12.8 Å². The van der Waals surface area contributed by atoms with Crippen LogP contribution in [0.3, 0.4) is 0 Å². The van der Waals surface area contributed by atoms with Crippen LogP contribution in [0, 0.1) is 12.7 Å². The van der Waals surface area contributed by atoms with Crippen LogP contribution >= 0.6 is 0 Å². The molecule has 0 N–H and O–H groups in total. The van der Waals surface area contributed by atoms with E-state index in [1.54, 1.807) is 6.92 Å². The predicted octanol–water partition coefficient (Wildman–Crippen LogP) is 2.77. The van der Waals surface area contributed by atoms with E-state index < -0.39 is 15.8 Å². The molecule has 0 amide bonds. The van der Waals surface area contributed by atoms with Gasteiger partial charge in [0.2, 0.25) is 10.0 Å². The fourth-order valence-electron chi connectivity index (χ4n) is 2.95. The maximum atomic E-state index is 13.3. The van der Waals surface area contributed by atoms with Gasteiger partial charge in [0.25, 0.3) is 0 Å². The lowest BCUT2D eigenvalue weighted by atomic mass is 10.1. The second kappa shape index (κ2) is 7.01. The third kappa shape index (κ3) is 3.66. The number of rotatable bonds is 4. The van der Waals surface area contributed by atoms with E-state index in [1.807, 2.05) is 30.3 Å². The number of benzene rings is 2. The minimum absolute atomic E-state index is 0.157. The summed E-state index contributed by atoms with van der Waals surface area (Å²) in [6, 6.07) is 13.6. The van der Waals surface area contributed by atoms with Crippen LogP contribution in [-0.2, 0) is 21.2 Å². The maximum Gasteiger partial charge on any atom is 0.243 e. The van der Waals surface area contributed by atoms with Crippen molar-refractivity contribution in [1.82, 2.24) is 4.31 Å². The van der Waals surface area contributed by atoms with Crippen molar-refractivity contribution in [3.63, 3.8) is 0 Å². The predicted molar refractivity (Wildman–Crippen MR) is 89.8 cm³/mol. The molecule has 1 aliphatic heterocycles. The monoisotopic (exact) mass is 349 g/mol. The first-order valence-corrected chi connectivity index (χ1v) is 9.32. The number of nitrogens with zero attached hydrogens (tertiary/aromatic N) is 1. The van der Waals surface area contributed by atoms with Gasteiger partial charge in [-0.1, -0.05) is 30.3 Å². The summed E-state index contributed by atoms with van der Waals surface area (Å²) in [4.78, 5) is 0.157. The zero-order valence-electron chi connectivity index (χ0n) is 13.5. The van der Waals surface area contributed by atoms with Gasteiger partial charge in [0.05, 0.1) is 17.6 Å². The Morgan fingerprint density at radius 1 is 1.21 bits per heavy atom. The van der Waals surface area contributed by atoms with E-state index in [9.17, 15) is 12.8 Å². The average molecular weight is 349 g/mol. The normalized spacial score (nSPS) is 19.3. The van der Waals surface area contributed by atoms with Crippen molar-refractivity contribution >= 4 is 10.0 Å². The molecule has 2 aromatic carbocycles. The standard InChI is InChI=1S/C18H20FNO3S/c1-14-11-16(19)7-8-18(14)24(21,22)20-9-10-23-17(13-20)12-15-5-3-2-4-6-15/h2-8,11,17H,9-10,12-13H2,1H3. The molecule has 3 rings (SSSR count). The zero-order chi connectivity index (χ0) is 17.2. The molecule has 0 aromatic heterocycles. The molecule has 1 fully saturated rings. The third-order valence-electron chi connectivity index (χ3n) is 4.16. The molecule has 6 heteroatoms. The molecule has 2 aromatic rings. The molecule has 0 spiro atoms. The molecule has 24 heavy (non-hydrogen) atoms. The highest BCUT2D eigenvalue weighted by atomic mass is 32.2. The lowest BCUT2D eigenvalue weighted by molar-refractivity contribution is -0.000506. The van der Waals surface area contributed by atoms with Crippen LogP contribution in [-0.4, -0.2) is 38.5 Å². The average Bonchev–Trinajstić information content (AvgIpc) is 2.56. The molecule has 0 radical (unpaired) electrons. The van der Waals surface area contributed by atoms with Crippen LogP contribution in [0.15, 0.2) is 53.4 Å². The van der Waals surface area contributed by atoms with Crippen molar-refractivity contribution in [2.24, 2.45) is 0 Å². The molecule has 1 atom stereocenters. The summed E-state index contributed by atoms with van der Waals surface area (Å²) in [5, 5.41) is 0. The molecule has 1 heterocycles. The highest BCUT2D eigenvalue weighted by Crippen LogP contribution is 2.23. The van der Waals surface area contributed by atoms with E-state index in [0.29, 0.717) is 31.7 Å². The van der Waals surface area contributed by atoms with Gasteiger partial charge in [-0.3, -0.25) is 0 Å². The molecular formula is C18H20FNO3S. The van der Waals surface area contributed by atoms with E-state index in [4.69, 9.17) is 4.74 Å². The summed E-state index contributed by atoms with van der Waals surface area (Å²) < 4.78 is 46.1. The molecule has 1 aliphatic rings. The van der Waals surface area contributed by atoms with Crippen molar-refractivity contribution in [3.8, 4) is 0 Å². The molecule has 128 valence electrons. The van der Waals surface area contributed by atoms with E-state index in [2.05, 4.69) is 0 Å². The summed E-state index contributed by atoms with van der Waals surface area (Å²) in [5.41, 5.74) is 1.53. The van der Waals surface area contributed by atoms with E-state index in [-0.39, 0.29) is 11.0 Å². The largest absolute Gasteiger partial charge is 0.375 e. The lowest BCUT2D eigenvalue weighted by Gasteiger charge is -2.32. The minimum Gasteiger partial charge on any atom is -0.375 e. The number of hydrogen-bond donors (Lipinski definition) is 0. The number of sulfonamides is 1. The Balaban J connectivity index is 1.78. The summed E-state index contributed by atoms with van der Waals surface area (Å²) in [7, 11) is -3.65. The summed E-state index contributed by atoms with van der Waals surface area (Å²) in [5.74, 6) is -0.435. The van der Waals surface area contributed by atoms with Crippen LogP contribution in [0.25, 0.3) is 0 Å². The number of hydrogen-bond acceptors (Lipinski definition) is 3. The van der Waals surface area contributed by atoms with Gasteiger partial charge >= 0.3 is 0 Å². The van der Waals surface area contributed by atoms with E-state index in [0.717, 1.165) is 5.56 Å². The summed E-state index contributed by atoms with van der Waals surface area (Å²) >= 11 is 0. The van der Waals surface area contributed by atoms with Gasteiger partial charge < -0.3 is 4.74 Å². The van der Waals surface area contributed by atoms with Gasteiger partial charge in [0.1, 0.15) is 5.82 Å². The number of aryl methyl sites for hydroxylation is 1. The van der Waals surface area contributed by atoms with Crippen LogP contribution in [0.1, 0.15) is 11.1 Å². The second-order valence-corrected chi connectivity index (χ2v) is 7.86. The van der Waals surface area contributed by atoms with E-state index >= 15 is 0 Å². The molecule has 0 saturated carbocycles. The van der Waals surface area contributed by atoms with Gasteiger partial charge in [0, 0.05) is 13.1 Å². The van der Waals surface area contributed by atoms with Gasteiger partial charge in [-0.05, 0) is 42.7 Å². The van der Waals surface area contributed by atoms with Gasteiger partial charge in [0.15, 0.2) is 0 Å². The molecule has 1 saturated heterocycles. The Hall–Kier alpha value is -1.76. The Morgan fingerprint density at radius 3 is 2.67 bits per heavy atom. The quantitative estimate of drug-likeness (QED) is 0.853.